The predicted octanol–water partition coefficient (Wildman–Crippen LogP) is 2.99. The second kappa shape index (κ2) is 10.8. The summed E-state index contributed by atoms with van der Waals surface area (Å²) in [4.78, 5) is 1.93. The van der Waals surface area contributed by atoms with E-state index in [0.29, 0.717) is 0 Å². The molecule has 0 aliphatic carbocycles. The van der Waals surface area contributed by atoms with E-state index in [0.717, 1.165) is 6.54 Å². The third-order valence-corrected chi connectivity index (χ3v) is 6.03. The third kappa shape index (κ3) is 6.43. The van der Waals surface area contributed by atoms with Crippen molar-refractivity contribution in [2.24, 2.45) is 0 Å². The van der Waals surface area contributed by atoms with Crippen molar-refractivity contribution in [3.63, 3.8) is 0 Å². The number of aliphatic hydroxyl groups is 1. The molecule has 130 valence electrons. The predicted molar refractivity (Wildman–Crippen MR) is 111 cm³/mol. The number of hydrogen-bond donors (Lipinski definition) is 1. The highest BCUT2D eigenvalue weighted by molar-refractivity contribution is 7.79. The molecule has 0 atom stereocenters. The molecule has 0 radical (unpaired) electrons. The molecule has 3 heteroatoms. The van der Waals surface area contributed by atoms with E-state index in [4.69, 9.17) is 5.11 Å². The zero-order chi connectivity index (χ0) is 17.9. The fraction of sp³-hybridized carbons (Fsp3) is 0.182. The first-order valence-corrected chi connectivity index (χ1v) is 9.77. The number of rotatable bonds is 5. The van der Waals surface area contributed by atoms with E-state index < -0.39 is 7.92 Å². The van der Waals surface area contributed by atoms with Crippen molar-refractivity contribution >= 4 is 23.8 Å². The molecule has 0 amide bonds. The second-order valence-electron chi connectivity index (χ2n) is 5.87. The molecule has 0 heterocycles. The summed E-state index contributed by atoms with van der Waals surface area (Å²) in [5.74, 6) is 0. The Balaban J connectivity index is 0.000000326. The van der Waals surface area contributed by atoms with Gasteiger partial charge in [0.1, 0.15) is 0 Å². The van der Waals surface area contributed by atoms with E-state index in [2.05, 4.69) is 91.0 Å². The number of aliphatic hydroxyl groups excluding tert-OH is 1. The van der Waals surface area contributed by atoms with Gasteiger partial charge in [0, 0.05) is 6.54 Å². The average Bonchev–Trinajstić information content (AvgIpc) is 2.65. The molecule has 0 aliphatic rings. The summed E-state index contributed by atoms with van der Waals surface area (Å²) in [6.45, 7) is 1.02. The highest BCUT2D eigenvalue weighted by Gasteiger charge is 2.14. The lowest BCUT2D eigenvalue weighted by molar-refractivity contribution is 0.243. The summed E-state index contributed by atoms with van der Waals surface area (Å²) in [7, 11) is 3.41. The van der Waals surface area contributed by atoms with Crippen LogP contribution in [0.15, 0.2) is 91.0 Å². The molecule has 0 saturated heterocycles. The molecule has 1 N–H and O–H groups in total. The van der Waals surface area contributed by atoms with E-state index in [-0.39, 0.29) is 6.61 Å². The topological polar surface area (TPSA) is 23.5 Å². The van der Waals surface area contributed by atoms with Gasteiger partial charge in [-0.15, -0.1) is 0 Å². The Morgan fingerprint density at radius 3 is 1.16 bits per heavy atom. The Hall–Kier alpha value is -1.99. The van der Waals surface area contributed by atoms with Crippen LogP contribution in [-0.4, -0.2) is 37.3 Å². The molecular weight excluding hydrogens is 325 g/mol. The lowest BCUT2D eigenvalue weighted by Crippen LogP contribution is -2.20. The first-order chi connectivity index (χ1) is 12.2. The maximum atomic E-state index is 8.20. The Bertz CT molecular complexity index is 608. The maximum absolute atomic E-state index is 8.20. The Kier molecular flexibility index (Phi) is 8.34. The smallest absolute Gasteiger partial charge is 0.0558 e. The van der Waals surface area contributed by atoms with Crippen molar-refractivity contribution < 1.29 is 5.11 Å². The van der Waals surface area contributed by atoms with Gasteiger partial charge in [0.15, 0.2) is 0 Å². The van der Waals surface area contributed by atoms with Crippen LogP contribution in [0.4, 0.5) is 0 Å². The number of likely N-dealkylation sites (N-methyl/N-ethyl adjacent to an activating group) is 1. The minimum Gasteiger partial charge on any atom is -0.395 e. The first-order valence-electron chi connectivity index (χ1n) is 8.43. The zero-order valence-electron chi connectivity index (χ0n) is 14.9. The van der Waals surface area contributed by atoms with Crippen LogP contribution in [0.2, 0.25) is 0 Å². The SMILES string of the molecule is CN(C)CCO.c1ccc(P(c2ccccc2)c2ccccc2)cc1. The number of benzene rings is 3. The van der Waals surface area contributed by atoms with Gasteiger partial charge >= 0.3 is 0 Å². The minimum atomic E-state index is -0.446. The summed E-state index contributed by atoms with van der Waals surface area (Å²) in [5, 5.41) is 12.4. The van der Waals surface area contributed by atoms with Crippen molar-refractivity contribution in [2.45, 2.75) is 0 Å². The lowest BCUT2D eigenvalue weighted by atomic mass is 10.4. The second-order valence-corrected chi connectivity index (χ2v) is 8.09. The Morgan fingerprint density at radius 2 is 0.960 bits per heavy atom. The monoisotopic (exact) mass is 351 g/mol. The largest absolute Gasteiger partial charge is 0.395 e. The Morgan fingerprint density at radius 1 is 0.640 bits per heavy atom. The van der Waals surface area contributed by atoms with Gasteiger partial charge in [0.25, 0.3) is 0 Å². The highest BCUT2D eigenvalue weighted by atomic mass is 31.1. The maximum Gasteiger partial charge on any atom is 0.0558 e. The van der Waals surface area contributed by atoms with Gasteiger partial charge in [-0.1, -0.05) is 91.0 Å². The van der Waals surface area contributed by atoms with Gasteiger partial charge in [0.05, 0.1) is 6.61 Å². The van der Waals surface area contributed by atoms with E-state index in [1.807, 2.05) is 19.0 Å². The fourth-order valence-electron chi connectivity index (χ4n) is 2.38. The lowest BCUT2D eigenvalue weighted by Gasteiger charge is -2.18. The molecule has 25 heavy (non-hydrogen) atoms. The van der Waals surface area contributed by atoms with Crippen LogP contribution in [0.1, 0.15) is 0 Å². The van der Waals surface area contributed by atoms with Gasteiger partial charge in [-0.25, -0.2) is 0 Å². The van der Waals surface area contributed by atoms with E-state index >= 15 is 0 Å². The standard InChI is InChI=1S/C18H15P.C4H11NO/c1-4-10-16(11-5-1)19(17-12-6-2-7-13-17)18-14-8-3-9-15-18;1-5(2)3-4-6/h1-15H;6H,3-4H2,1-2H3. The first kappa shape index (κ1) is 19.3. The van der Waals surface area contributed by atoms with Crippen molar-refractivity contribution in [3.8, 4) is 0 Å². The molecule has 0 fully saturated rings. The van der Waals surface area contributed by atoms with Crippen molar-refractivity contribution in [1.29, 1.82) is 0 Å². The van der Waals surface area contributed by atoms with Gasteiger partial charge in [-0.2, -0.15) is 0 Å². The van der Waals surface area contributed by atoms with Crippen LogP contribution in [-0.2, 0) is 0 Å². The van der Waals surface area contributed by atoms with Crippen molar-refractivity contribution in [1.82, 2.24) is 4.90 Å². The fourth-order valence-corrected chi connectivity index (χ4v) is 4.68. The van der Waals surface area contributed by atoms with E-state index in [9.17, 15) is 0 Å². The normalized spacial score (nSPS) is 10.4. The summed E-state index contributed by atoms with van der Waals surface area (Å²) in [6.07, 6.45) is 0. The molecule has 0 aromatic heterocycles. The highest BCUT2D eigenvalue weighted by Crippen LogP contribution is 2.32. The molecule has 2 nitrogen and oxygen atoms in total. The van der Waals surface area contributed by atoms with Crippen LogP contribution in [0.5, 0.6) is 0 Å². The average molecular weight is 351 g/mol. The quantitative estimate of drug-likeness (QED) is 0.715. The number of nitrogens with zero attached hydrogens (tertiary/aromatic N) is 1. The summed E-state index contributed by atoms with van der Waals surface area (Å²) < 4.78 is 0. The molecule has 3 aromatic rings. The summed E-state index contributed by atoms with van der Waals surface area (Å²) in [6, 6.07) is 32.3. The van der Waals surface area contributed by atoms with E-state index in [1.54, 1.807) is 0 Å². The van der Waals surface area contributed by atoms with Crippen molar-refractivity contribution in [2.75, 3.05) is 27.2 Å². The molecule has 0 saturated carbocycles. The zero-order valence-corrected chi connectivity index (χ0v) is 15.8. The third-order valence-electron chi connectivity index (χ3n) is 3.59. The summed E-state index contributed by atoms with van der Waals surface area (Å²) >= 11 is 0. The minimum absolute atomic E-state index is 0.257. The molecule has 0 unspecified atom stereocenters. The van der Waals surface area contributed by atoms with Crippen LogP contribution in [0.3, 0.4) is 0 Å². The van der Waals surface area contributed by atoms with Crippen LogP contribution < -0.4 is 15.9 Å². The summed E-state index contributed by atoms with van der Waals surface area (Å²) in [5.41, 5.74) is 0. The van der Waals surface area contributed by atoms with Crippen LogP contribution >= 0.6 is 7.92 Å². The van der Waals surface area contributed by atoms with Crippen LogP contribution in [0, 0.1) is 0 Å². The van der Waals surface area contributed by atoms with Gasteiger partial charge in [-0.05, 0) is 37.9 Å². The molecule has 3 aromatic carbocycles. The van der Waals surface area contributed by atoms with Crippen molar-refractivity contribution in [3.05, 3.63) is 91.0 Å². The Labute approximate surface area is 152 Å². The molecular formula is C22H26NOP. The molecule has 0 spiro atoms. The van der Waals surface area contributed by atoms with Gasteiger partial charge < -0.3 is 10.0 Å². The molecule has 3 rings (SSSR count). The molecule has 0 bridgehead atoms. The van der Waals surface area contributed by atoms with Gasteiger partial charge in [0.2, 0.25) is 0 Å². The number of hydrogen-bond acceptors (Lipinski definition) is 2. The van der Waals surface area contributed by atoms with E-state index in [1.165, 1.54) is 15.9 Å². The van der Waals surface area contributed by atoms with Gasteiger partial charge in [-0.3, -0.25) is 0 Å². The van der Waals surface area contributed by atoms with Crippen LogP contribution in [0.25, 0.3) is 0 Å². The molecule has 0 aliphatic heterocycles.